The van der Waals surface area contributed by atoms with Crippen molar-refractivity contribution >= 4 is 16.5 Å². The number of hydrogen-bond donors (Lipinski definition) is 3. The summed E-state index contributed by atoms with van der Waals surface area (Å²) >= 11 is 0. The van der Waals surface area contributed by atoms with Crippen LogP contribution in [0.1, 0.15) is 41.5 Å². The molecule has 2 aromatic carbocycles. The third-order valence-corrected chi connectivity index (χ3v) is 7.39. The van der Waals surface area contributed by atoms with E-state index in [2.05, 4.69) is 23.5 Å². The maximum Gasteiger partial charge on any atom is 0.273 e. The summed E-state index contributed by atoms with van der Waals surface area (Å²) in [6, 6.07) is 15.6. The molecule has 35 heavy (non-hydrogen) atoms. The van der Waals surface area contributed by atoms with Crippen LogP contribution in [0.2, 0.25) is 0 Å². The van der Waals surface area contributed by atoms with Gasteiger partial charge in [0.15, 0.2) is 0 Å². The number of rotatable bonds is 5. The minimum Gasteiger partial charge on any atom is -0.394 e. The van der Waals surface area contributed by atoms with Crippen LogP contribution in [0.25, 0.3) is 27.6 Å². The molecule has 3 heterocycles. The standard InChI is InChI=1S/C28H28N4O3/c1-31-14-19(10-24(29)28(31)35)21-3-2-4-25(23(21)15-33)32-26(20-12-30-13-20)11-18-9-17(16-5-6-16)7-8-22(18)27(32)34/h2-4,7-11,14,16,20,30,33H,5-6,12-13,15,29H2,1H3. The van der Waals surface area contributed by atoms with Crippen molar-refractivity contribution in [2.45, 2.75) is 31.3 Å². The Bertz CT molecular complexity index is 1570. The van der Waals surface area contributed by atoms with E-state index >= 15 is 0 Å². The number of aryl methyl sites for hydroxylation is 1. The van der Waals surface area contributed by atoms with Gasteiger partial charge in [-0.25, -0.2) is 0 Å². The van der Waals surface area contributed by atoms with Crippen LogP contribution in [0.15, 0.2) is 64.3 Å². The van der Waals surface area contributed by atoms with Gasteiger partial charge in [0.1, 0.15) is 0 Å². The number of hydrogen-bond acceptors (Lipinski definition) is 5. The predicted octanol–water partition coefficient (Wildman–Crippen LogP) is 3.00. The average molecular weight is 469 g/mol. The van der Waals surface area contributed by atoms with Crippen molar-refractivity contribution in [1.82, 2.24) is 14.5 Å². The third kappa shape index (κ3) is 3.59. The van der Waals surface area contributed by atoms with Gasteiger partial charge in [-0.3, -0.25) is 14.2 Å². The third-order valence-electron chi connectivity index (χ3n) is 7.39. The number of aliphatic hydroxyl groups excluding tert-OH is 1. The van der Waals surface area contributed by atoms with Crippen LogP contribution >= 0.6 is 0 Å². The topological polar surface area (TPSA) is 102 Å². The van der Waals surface area contributed by atoms with Crippen LogP contribution < -0.4 is 22.2 Å². The molecule has 1 saturated heterocycles. The first-order chi connectivity index (χ1) is 17.0. The summed E-state index contributed by atoms with van der Waals surface area (Å²) in [5.74, 6) is 0.822. The van der Waals surface area contributed by atoms with Gasteiger partial charge in [-0.05, 0) is 59.5 Å². The van der Waals surface area contributed by atoms with Gasteiger partial charge in [0.25, 0.3) is 11.1 Å². The quantitative estimate of drug-likeness (QED) is 0.418. The number of pyridine rings is 2. The van der Waals surface area contributed by atoms with Crippen molar-refractivity contribution in [2.24, 2.45) is 7.05 Å². The number of nitrogens with zero attached hydrogens (tertiary/aromatic N) is 2. The van der Waals surface area contributed by atoms with Crippen molar-refractivity contribution < 1.29 is 5.11 Å². The van der Waals surface area contributed by atoms with Crippen LogP contribution in [0.5, 0.6) is 0 Å². The summed E-state index contributed by atoms with van der Waals surface area (Å²) in [7, 11) is 1.65. The molecule has 7 heteroatoms. The minimum atomic E-state index is -0.272. The number of aromatic nitrogens is 2. The Balaban J connectivity index is 1.61. The molecule has 4 aromatic rings. The lowest BCUT2D eigenvalue weighted by Gasteiger charge is -2.31. The maximum atomic E-state index is 14.0. The summed E-state index contributed by atoms with van der Waals surface area (Å²) in [5.41, 5.74) is 10.7. The van der Waals surface area contributed by atoms with Gasteiger partial charge in [-0.15, -0.1) is 0 Å². The molecule has 0 unspecified atom stereocenters. The summed E-state index contributed by atoms with van der Waals surface area (Å²) in [6.45, 7) is 1.35. The van der Waals surface area contributed by atoms with Crippen molar-refractivity contribution in [3.05, 3.63) is 92.3 Å². The highest BCUT2D eigenvalue weighted by molar-refractivity contribution is 5.84. The van der Waals surface area contributed by atoms with E-state index in [4.69, 9.17) is 5.73 Å². The smallest absolute Gasteiger partial charge is 0.273 e. The largest absolute Gasteiger partial charge is 0.394 e. The predicted molar refractivity (Wildman–Crippen MR) is 138 cm³/mol. The van der Waals surface area contributed by atoms with E-state index in [0.717, 1.165) is 29.7 Å². The van der Waals surface area contributed by atoms with Crippen LogP contribution in [-0.4, -0.2) is 27.3 Å². The van der Waals surface area contributed by atoms with Gasteiger partial charge in [0.2, 0.25) is 0 Å². The first-order valence-corrected chi connectivity index (χ1v) is 12.1. The molecule has 0 amide bonds. The van der Waals surface area contributed by atoms with Gasteiger partial charge in [0.05, 0.1) is 18.0 Å². The van der Waals surface area contributed by atoms with E-state index in [1.165, 1.54) is 23.0 Å². The van der Waals surface area contributed by atoms with E-state index in [0.29, 0.717) is 28.1 Å². The molecule has 2 fully saturated rings. The lowest BCUT2D eigenvalue weighted by atomic mass is 9.94. The summed E-state index contributed by atoms with van der Waals surface area (Å²) in [5, 5.41) is 15.5. The molecule has 2 aliphatic rings. The molecule has 1 aliphatic carbocycles. The van der Waals surface area contributed by atoms with Crippen molar-refractivity contribution in [2.75, 3.05) is 18.8 Å². The molecule has 4 N–H and O–H groups in total. The second-order valence-corrected chi connectivity index (χ2v) is 9.75. The normalized spacial score (nSPS) is 15.9. The van der Waals surface area contributed by atoms with Crippen LogP contribution in [-0.2, 0) is 13.7 Å². The van der Waals surface area contributed by atoms with E-state index in [1.807, 2.05) is 24.3 Å². The molecule has 0 atom stereocenters. The number of fused-ring (bicyclic) bond motifs is 1. The fraction of sp³-hybridized carbons (Fsp3) is 0.286. The Morgan fingerprint density at radius 3 is 2.49 bits per heavy atom. The number of nitrogens with one attached hydrogen (secondary N) is 1. The van der Waals surface area contributed by atoms with E-state index < -0.39 is 0 Å². The molecular weight excluding hydrogens is 440 g/mol. The molecule has 7 nitrogen and oxygen atoms in total. The molecular formula is C28H28N4O3. The minimum absolute atomic E-state index is 0.0847. The van der Waals surface area contributed by atoms with Gasteiger partial charge in [0, 0.05) is 54.5 Å². The SMILES string of the molecule is Cn1cc(-c2cccc(-n3c(C4CNC4)cc4cc(C5CC5)ccc4c3=O)c2CO)cc(N)c1=O. The van der Waals surface area contributed by atoms with Crippen molar-refractivity contribution in [1.29, 1.82) is 0 Å². The van der Waals surface area contributed by atoms with Crippen LogP contribution in [0, 0.1) is 0 Å². The van der Waals surface area contributed by atoms with Gasteiger partial charge in [-0.1, -0.05) is 24.3 Å². The maximum absolute atomic E-state index is 14.0. The molecule has 0 radical (unpaired) electrons. The van der Waals surface area contributed by atoms with E-state index in [1.54, 1.807) is 23.9 Å². The highest BCUT2D eigenvalue weighted by Crippen LogP contribution is 2.41. The number of nitrogen functional groups attached to an aromatic ring is 1. The Hall–Kier alpha value is -3.68. The highest BCUT2D eigenvalue weighted by Gasteiger charge is 2.27. The fourth-order valence-corrected chi connectivity index (χ4v) is 5.18. The lowest BCUT2D eigenvalue weighted by molar-refractivity contribution is 0.282. The van der Waals surface area contributed by atoms with E-state index in [9.17, 15) is 14.7 Å². The number of benzene rings is 2. The monoisotopic (exact) mass is 468 g/mol. The molecule has 178 valence electrons. The Labute approximate surface area is 202 Å². The summed E-state index contributed by atoms with van der Waals surface area (Å²) < 4.78 is 3.20. The Morgan fingerprint density at radius 1 is 1.03 bits per heavy atom. The molecule has 1 saturated carbocycles. The molecule has 1 aliphatic heterocycles. The van der Waals surface area contributed by atoms with Crippen LogP contribution in [0.3, 0.4) is 0 Å². The molecule has 0 spiro atoms. The van der Waals surface area contributed by atoms with Gasteiger partial charge < -0.3 is 20.7 Å². The molecule has 2 aromatic heterocycles. The fourth-order valence-electron chi connectivity index (χ4n) is 5.18. The van der Waals surface area contributed by atoms with Crippen molar-refractivity contribution in [3.63, 3.8) is 0 Å². The zero-order chi connectivity index (χ0) is 24.3. The number of nitrogens with two attached hydrogens (primary N) is 1. The highest BCUT2D eigenvalue weighted by atomic mass is 16.3. The van der Waals surface area contributed by atoms with Crippen LogP contribution in [0.4, 0.5) is 5.69 Å². The lowest BCUT2D eigenvalue weighted by Crippen LogP contribution is -2.42. The Kier molecular flexibility index (Phi) is 5.12. The van der Waals surface area contributed by atoms with Gasteiger partial charge >= 0.3 is 0 Å². The van der Waals surface area contributed by atoms with Gasteiger partial charge in [-0.2, -0.15) is 0 Å². The summed E-state index contributed by atoms with van der Waals surface area (Å²) in [4.78, 5) is 26.1. The first-order valence-electron chi connectivity index (χ1n) is 12.1. The molecule has 0 bridgehead atoms. The zero-order valence-corrected chi connectivity index (χ0v) is 19.6. The van der Waals surface area contributed by atoms with E-state index in [-0.39, 0.29) is 29.3 Å². The number of aliphatic hydroxyl groups is 1. The molecule has 6 rings (SSSR count). The van der Waals surface area contributed by atoms with Crippen molar-refractivity contribution in [3.8, 4) is 16.8 Å². The average Bonchev–Trinajstić information content (AvgIpc) is 3.66. The number of anilines is 1. The summed E-state index contributed by atoms with van der Waals surface area (Å²) in [6.07, 6.45) is 4.13. The first kappa shape index (κ1) is 21.8. The Morgan fingerprint density at radius 2 is 1.83 bits per heavy atom. The zero-order valence-electron chi connectivity index (χ0n) is 19.6. The second-order valence-electron chi connectivity index (χ2n) is 9.75. The second kappa shape index (κ2) is 8.22.